The van der Waals surface area contributed by atoms with Gasteiger partial charge in [-0.15, -0.1) is 0 Å². The van der Waals surface area contributed by atoms with Gasteiger partial charge in [-0.3, -0.25) is 4.79 Å². The van der Waals surface area contributed by atoms with Crippen molar-refractivity contribution in [2.75, 3.05) is 6.61 Å². The number of rotatable bonds is 10. The molecule has 20 heavy (non-hydrogen) atoms. The van der Waals surface area contributed by atoms with E-state index in [1.54, 1.807) is 6.08 Å². The van der Waals surface area contributed by atoms with Gasteiger partial charge in [-0.25, -0.2) is 0 Å². The van der Waals surface area contributed by atoms with Crippen LogP contribution in [0.3, 0.4) is 0 Å². The van der Waals surface area contributed by atoms with E-state index in [0.717, 1.165) is 24.2 Å². The number of ether oxygens (including phenoxy) is 1. The second-order valence-electron chi connectivity index (χ2n) is 4.97. The molecule has 110 valence electrons. The average Bonchev–Trinajstić information content (AvgIpc) is 2.47. The van der Waals surface area contributed by atoms with Gasteiger partial charge < -0.3 is 4.74 Å². The van der Waals surface area contributed by atoms with Crippen molar-refractivity contribution in [3.05, 3.63) is 35.9 Å². The lowest BCUT2D eigenvalue weighted by atomic mass is 10.1. The van der Waals surface area contributed by atoms with E-state index in [1.165, 1.54) is 19.3 Å². The smallest absolute Gasteiger partial charge is 0.155 e. The number of allylic oxidation sites excluding steroid dienone is 1. The molecule has 2 nitrogen and oxygen atoms in total. The van der Waals surface area contributed by atoms with Crippen molar-refractivity contribution in [2.45, 2.75) is 52.4 Å². The topological polar surface area (TPSA) is 26.3 Å². The fraction of sp³-hybridized carbons (Fsp3) is 0.500. The van der Waals surface area contributed by atoms with Crippen LogP contribution in [0.25, 0.3) is 6.08 Å². The van der Waals surface area contributed by atoms with Gasteiger partial charge in [-0.05, 0) is 37.1 Å². The van der Waals surface area contributed by atoms with Crippen LogP contribution >= 0.6 is 0 Å². The lowest BCUT2D eigenvalue weighted by Crippen LogP contribution is -1.92. The first-order valence-corrected chi connectivity index (χ1v) is 7.70. The summed E-state index contributed by atoms with van der Waals surface area (Å²) in [5.41, 5.74) is 1.03. The van der Waals surface area contributed by atoms with Crippen LogP contribution in [0, 0.1) is 0 Å². The third kappa shape index (κ3) is 7.13. The highest BCUT2D eigenvalue weighted by Crippen LogP contribution is 2.13. The summed E-state index contributed by atoms with van der Waals surface area (Å²) in [5, 5.41) is 0. The molecular weight excluding hydrogens is 248 g/mol. The highest BCUT2D eigenvalue weighted by atomic mass is 16.5. The molecule has 0 aliphatic rings. The van der Waals surface area contributed by atoms with Crippen LogP contribution in [0.4, 0.5) is 0 Å². The van der Waals surface area contributed by atoms with E-state index in [2.05, 4.69) is 6.92 Å². The summed E-state index contributed by atoms with van der Waals surface area (Å²) >= 11 is 0. The Morgan fingerprint density at radius 1 is 1.05 bits per heavy atom. The molecule has 0 aliphatic heterocycles. The fourth-order valence-corrected chi connectivity index (χ4v) is 2.02. The zero-order valence-corrected chi connectivity index (χ0v) is 12.7. The Labute approximate surface area is 122 Å². The number of carbonyl (C=O) groups is 1. The van der Waals surface area contributed by atoms with Crippen LogP contribution in [0.2, 0.25) is 0 Å². The van der Waals surface area contributed by atoms with Gasteiger partial charge in [-0.2, -0.15) is 0 Å². The van der Waals surface area contributed by atoms with Crippen LogP contribution in [0.15, 0.2) is 30.3 Å². The summed E-state index contributed by atoms with van der Waals surface area (Å²) < 4.78 is 5.38. The van der Waals surface area contributed by atoms with Crippen LogP contribution < -0.4 is 4.74 Å². The Hall–Kier alpha value is -1.57. The van der Waals surface area contributed by atoms with Gasteiger partial charge in [0.25, 0.3) is 0 Å². The van der Waals surface area contributed by atoms with Crippen LogP contribution in [-0.4, -0.2) is 12.4 Å². The van der Waals surface area contributed by atoms with E-state index in [4.69, 9.17) is 4.74 Å². The molecular formula is C18H26O2. The molecule has 0 atom stereocenters. The van der Waals surface area contributed by atoms with E-state index in [-0.39, 0.29) is 5.78 Å². The van der Waals surface area contributed by atoms with Crippen molar-refractivity contribution >= 4 is 11.9 Å². The molecule has 0 heterocycles. The molecule has 0 radical (unpaired) electrons. The lowest BCUT2D eigenvalue weighted by Gasteiger charge is -2.02. The Morgan fingerprint density at radius 3 is 2.40 bits per heavy atom. The Morgan fingerprint density at radius 2 is 1.75 bits per heavy atom. The van der Waals surface area contributed by atoms with Crippen LogP contribution in [0.1, 0.15) is 57.9 Å². The first-order chi connectivity index (χ1) is 9.76. The maximum absolute atomic E-state index is 11.7. The summed E-state index contributed by atoms with van der Waals surface area (Å²) in [7, 11) is 0. The van der Waals surface area contributed by atoms with Crippen LogP contribution in [0.5, 0.6) is 5.75 Å². The number of unbranched alkanes of at least 4 members (excludes halogenated alkanes) is 4. The molecule has 0 amide bonds. The molecule has 0 fully saturated rings. The molecule has 0 saturated heterocycles. The van der Waals surface area contributed by atoms with Crippen molar-refractivity contribution in [1.29, 1.82) is 0 Å². The molecule has 0 unspecified atom stereocenters. The second-order valence-corrected chi connectivity index (χ2v) is 4.97. The molecule has 0 saturated carbocycles. The van der Waals surface area contributed by atoms with Crippen LogP contribution in [-0.2, 0) is 4.79 Å². The average molecular weight is 274 g/mol. The second kappa shape index (κ2) is 10.2. The third-order valence-corrected chi connectivity index (χ3v) is 3.18. The van der Waals surface area contributed by atoms with Gasteiger partial charge in [0.05, 0.1) is 6.61 Å². The number of hydrogen-bond acceptors (Lipinski definition) is 2. The zero-order valence-electron chi connectivity index (χ0n) is 12.7. The predicted molar refractivity (Wildman–Crippen MR) is 85.0 cm³/mol. The highest BCUT2D eigenvalue weighted by molar-refractivity contribution is 5.93. The van der Waals surface area contributed by atoms with Gasteiger partial charge in [0.15, 0.2) is 5.78 Å². The SMILES string of the molecule is CCCCCCCC(=O)C=Cc1ccc(OCC)cc1. The van der Waals surface area contributed by atoms with Gasteiger partial charge in [0, 0.05) is 6.42 Å². The largest absolute Gasteiger partial charge is 0.494 e. The molecule has 0 aliphatic carbocycles. The summed E-state index contributed by atoms with van der Waals surface area (Å²) in [5.74, 6) is 1.09. The Bertz CT molecular complexity index is 404. The van der Waals surface area contributed by atoms with E-state index in [1.807, 2.05) is 37.3 Å². The predicted octanol–water partition coefficient (Wildman–Crippen LogP) is 5.03. The van der Waals surface area contributed by atoms with Gasteiger partial charge in [0.2, 0.25) is 0 Å². The molecule has 1 aromatic rings. The van der Waals surface area contributed by atoms with Gasteiger partial charge in [0.1, 0.15) is 5.75 Å². The molecule has 0 aromatic heterocycles. The van der Waals surface area contributed by atoms with E-state index in [0.29, 0.717) is 13.0 Å². The molecule has 1 aromatic carbocycles. The standard InChI is InChI=1S/C18H26O2/c1-3-5-6-7-8-9-17(19)13-10-16-11-14-18(15-12-16)20-4-2/h10-15H,3-9H2,1-2H3. The Kier molecular flexibility index (Phi) is 8.44. The van der Waals surface area contributed by atoms with E-state index in [9.17, 15) is 4.79 Å². The minimum atomic E-state index is 0.218. The number of carbonyl (C=O) groups excluding carboxylic acids is 1. The monoisotopic (exact) mass is 274 g/mol. The van der Waals surface area contributed by atoms with Gasteiger partial charge in [-0.1, -0.05) is 50.8 Å². The van der Waals surface area contributed by atoms with Crippen molar-refractivity contribution in [3.63, 3.8) is 0 Å². The quantitative estimate of drug-likeness (QED) is 0.442. The van der Waals surface area contributed by atoms with Gasteiger partial charge >= 0.3 is 0 Å². The number of benzene rings is 1. The van der Waals surface area contributed by atoms with E-state index >= 15 is 0 Å². The zero-order chi connectivity index (χ0) is 14.6. The molecule has 0 spiro atoms. The maximum atomic E-state index is 11.7. The molecule has 2 heteroatoms. The first kappa shape index (κ1) is 16.5. The normalized spacial score (nSPS) is 10.9. The maximum Gasteiger partial charge on any atom is 0.155 e. The van der Waals surface area contributed by atoms with Crippen molar-refractivity contribution in [3.8, 4) is 5.75 Å². The molecule has 1 rings (SSSR count). The summed E-state index contributed by atoms with van der Waals surface area (Å²) in [4.78, 5) is 11.7. The molecule has 0 bridgehead atoms. The van der Waals surface area contributed by atoms with Crippen molar-refractivity contribution in [1.82, 2.24) is 0 Å². The Balaban J connectivity index is 2.29. The summed E-state index contributed by atoms with van der Waals surface area (Å²) in [6.45, 7) is 4.84. The lowest BCUT2D eigenvalue weighted by molar-refractivity contribution is -0.114. The summed E-state index contributed by atoms with van der Waals surface area (Å²) in [6.07, 6.45) is 10.2. The third-order valence-electron chi connectivity index (χ3n) is 3.18. The summed E-state index contributed by atoms with van der Waals surface area (Å²) in [6, 6.07) is 7.79. The minimum Gasteiger partial charge on any atom is -0.494 e. The fourth-order valence-electron chi connectivity index (χ4n) is 2.02. The van der Waals surface area contributed by atoms with Crippen molar-refractivity contribution in [2.24, 2.45) is 0 Å². The number of ketones is 1. The number of hydrogen-bond donors (Lipinski definition) is 0. The minimum absolute atomic E-state index is 0.218. The first-order valence-electron chi connectivity index (χ1n) is 7.70. The van der Waals surface area contributed by atoms with E-state index < -0.39 is 0 Å². The van der Waals surface area contributed by atoms with Crippen molar-refractivity contribution < 1.29 is 9.53 Å². The highest BCUT2D eigenvalue weighted by Gasteiger charge is 1.97. The molecule has 0 N–H and O–H groups in total.